The number of unbranched alkanes of at least 4 members (excludes halogenated alkanes) is 1. The highest BCUT2D eigenvalue weighted by Gasteiger charge is 2.69. The van der Waals surface area contributed by atoms with Crippen LogP contribution in [-0.2, 0) is 41.7 Å². The second-order valence-electron chi connectivity index (χ2n) is 14.4. The van der Waals surface area contributed by atoms with Crippen LogP contribution in [0.25, 0.3) is 0 Å². The molecule has 1 unspecified atom stereocenters. The van der Waals surface area contributed by atoms with E-state index >= 15 is 0 Å². The molecule has 15 nitrogen and oxygen atoms in total. The van der Waals surface area contributed by atoms with Gasteiger partial charge in [-0.25, -0.2) is 4.79 Å². The molecule has 4 N–H and O–H groups in total. The summed E-state index contributed by atoms with van der Waals surface area (Å²) in [5.41, 5.74) is 2.33. The average molecular weight is 768 g/mol. The molecular formula is C41H45N5O10. The van der Waals surface area contributed by atoms with Crippen molar-refractivity contribution >= 4 is 52.8 Å². The topological polar surface area (TPSA) is 193 Å². The molecule has 5 amide bonds. The number of ether oxygens (including phenoxy) is 3. The Hall–Kier alpha value is -6.38. The Bertz CT molecular complexity index is 2080. The minimum absolute atomic E-state index is 0.103. The first-order chi connectivity index (χ1) is 26.8. The summed E-state index contributed by atoms with van der Waals surface area (Å²) >= 11 is 0. The third kappa shape index (κ3) is 7.88. The van der Waals surface area contributed by atoms with E-state index in [0.717, 1.165) is 11.3 Å². The van der Waals surface area contributed by atoms with Crippen molar-refractivity contribution in [3.05, 3.63) is 89.6 Å². The first kappa shape index (κ1) is 39.3. The van der Waals surface area contributed by atoms with E-state index in [9.17, 15) is 33.9 Å². The van der Waals surface area contributed by atoms with Crippen molar-refractivity contribution in [1.82, 2.24) is 10.6 Å². The summed E-state index contributed by atoms with van der Waals surface area (Å²) in [6.45, 7) is 7.06. The highest BCUT2D eigenvalue weighted by Crippen LogP contribution is 2.59. The van der Waals surface area contributed by atoms with E-state index in [0.29, 0.717) is 36.9 Å². The van der Waals surface area contributed by atoms with Gasteiger partial charge in [-0.1, -0.05) is 50.8 Å². The first-order valence-electron chi connectivity index (χ1n) is 18.3. The van der Waals surface area contributed by atoms with Crippen LogP contribution >= 0.6 is 0 Å². The Morgan fingerprint density at radius 3 is 2.39 bits per heavy atom. The Kier molecular flexibility index (Phi) is 11.3. The molecule has 3 aromatic rings. The van der Waals surface area contributed by atoms with Crippen molar-refractivity contribution in [2.45, 2.75) is 76.6 Å². The molecule has 3 aromatic carbocycles. The quantitative estimate of drug-likeness (QED) is 0.101. The van der Waals surface area contributed by atoms with E-state index in [-0.39, 0.29) is 71.6 Å². The number of fused-ring (bicyclic) bond motifs is 3. The molecular weight excluding hydrogens is 722 g/mol. The summed E-state index contributed by atoms with van der Waals surface area (Å²) < 4.78 is 15.7. The number of para-hydroxylation sites is 1. The summed E-state index contributed by atoms with van der Waals surface area (Å²) in [6.07, 6.45) is 1.63. The van der Waals surface area contributed by atoms with E-state index in [1.54, 1.807) is 43.0 Å². The van der Waals surface area contributed by atoms with Gasteiger partial charge in [-0.3, -0.25) is 33.8 Å². The van der Waals surface area contributed by atoms with Gasteiger partial charge in [0.05, 0.1) is 42.7 Å². The maximum absolute atomic E-state index is 14.1. The maximum Gasteiger partial charge on any atom is 0.414 e. The second kappa shape index (κ2) is 16.2. The SMILES string of the molecule is C=C(NC(=O)[C@@H](NC(=O)CCCCC(=O)OC)C(C)C)C(=O)Nc1ccc(COC(=O)N2c3cc(O)c(OC)cc3C(=O)N3c4ccccc4CC34C[C@@H]24)cc1. The number of aromatic hydroxyl groups is 1. The van der Waals surface area contributed by atoms with E-state index in [1.807, 2.05) is 24.3 Å². The van der Waals surface area contributed by atoms with E-state index in [4.69, 9.17) is 9.47 Å². The molecule has 0 bridgehead atoms. The van der Waals surface area contributed by atoms with Crippen molar-refractivity contribution in [2.24, 2.45) is 5.92 Å². The van der Waals surface area contributed by atoms with Gasteiger partial charge in [0, 0.05) is 36.7 Å². The third-order valence-corrected chi connectivity index (χ3v) is 10.3. The second-order valence-corrected chi connectivity index (χ2v) is 14.4. The number of nitrogens with zero attached hydrogens (tertiary/aromatic N) is 2. The highest BCUT2D eigenvalue weighted by molar-refractivity contribution is 6.16. The summed E-state index contributed by atoms with van der Waals surface area (Å²) in [5, 5.41) is 18.5. The minimum atomic E-state index is -0.926. The number of methoxy groups -OCH3 is 2. The van der Waals surface area contributed by atoms with Gasteiger partial charge >= 0.3 is 12.1 Å². The number of carbonyl (C=O) groups excluding carboxylic acids is 6. The van der Waals surface area contributed by atoms with Crippen LogP contribution in [0.2, 0.25) is 0 Å². The zero-order chi connectivity index (χ0) is 40.3. The monoisotopic (exact) mass is 767 g/mol. The molecule has 15 heteroatoms. The average Bonchev–Trinajstić information content (AvgIpc) is 3.78. The lowest BCUT2D eigenvalue weighted by Crippen LogP contribution is -2.50. The van der Waals surface area contributed by atoms with Gasteiger partial charge in [0.2, 0.25) is 11.8 Å². The zero-order valence-electron chi connectivity index (χ0n) is 31.7. The molecule has 294 valence electrons. The van der Waals surface area contributed by atoms with Gasteiger partial charge in [-0.2, -0.15) is 0 Å². The Balaban J connectivity index is 1.05. The smallest absolute Gasteiger partial charge is 0.414 e. The Morgan fingerprint density at radius 2 is 1.70 bits per heavy atom. The number of hydrogen-bond acceptors (Lipinski definition) is 10. The van der Waals surface area contributed by atoms with Crippen LogP contribution in [0.1, 0.15) is 67.4 Å². The number of benzene rings is 3. The zero-order valence-corrected chi connectivity index (χ0v) is 31.7. The molecule has 2 aliphatic heterocycles. The van der Waals surface area contributed by atoms with E-state index in [2.05, 4.69) is 27.3 Å². The molecule has 1 fully saturated rings. The number of amides is 5. The summed E-state index contributed by atoms with van der Waals surface area (Å²) in [6, 6.07) is 15.7. The molecule has 1 spiro atoms. The molecule has 6 rings (SSSR count). The van der Waals surface area contributed by atoms with Crippen molar-refractivity contribution in [2.75, 3.05) is 29.3 Å². The summed E-state index contributed by atoms with van der Waals surface area (Å²) in [4.78, 5) is 80.9. The van der Waals surface area contributed by atoms with Gasteiger partial charge in [0.25, 0.3) is 11.8 Å². The van der Waals surface area contributed by atoms with Crippen LogP contribution < -0.4 is 30.5 Å². The lowest BCUT2D eigenvalue weighted by atomic mass is 10.0. The standard InChI is InChI=1S/C41H45N5O10/c1-23(2)36(44-34(48)12-8-9-13-35(49)55-5)38(51)42-24(3)37(50)43-27-16-14-25(15-17-27)22-56-40(53)45-30-19-31(47)32(54-4)18-28(30)39(52)46-29-11-7-6-10-26(29)20-41(46)21-33(41)45/h6-7,10-11,14-19,23,33,36,47H,3,8-9,12-13,20-22H2,1-2,4-5H3,(H,42,51)(H,43,50)(H,44,48)/t33-,36+,41?/m1/s1. The number of anilines is 3. The lowest BCUT2D eigenvalue weighted by molar-refractivity contribution is -0.140. The van der Waals surface area contributed by atoms with Crippen LogP contribution in [0.4, 0.5) is 21.9 Å². The molecule has 56 heavy (non-hydrogen) atoms. The molecule has 3 atom stereocenters. The lowest BCUT2D eigenvalue weighted by Gasteiger charge is -2.25. The normalized spacial score (nSPS) is 17.9. The first-order valence-corrected chi connectivity index (χ1v) is 18.3. The van der Waals surface area contributed by atoms with Crippen LogP contribution in [0.3, 0.4) is 0 Å². The van der Waals surface area contributed by atoms with Gasteiger partial charge in [0.15, 0.2) is 11.5 Å². The number of esters is 1. The fraction of sp³-hybridized carbons (Fsp3) is 0.366. The van der Waals surface area contributed by atoms with Crippen LogP contribution in [0.5, 0.6) is 11.5 Å². The predicted octanol–water partition coefficient (Wildman–Crippen LogP) is 4.71. The largest absolute Gasteiger partial charge is 0.504 e. The summed E-state index contributed by atoms with van der Waals surface area (Å²) in [5.74, 6) is -2.71. The Morgan fingerprint density at radius 1 is 0.982 bits per heavy atom. The maximum atomic E-state index is 14.1. The van der Waals surface area contributed by atoms with Crippen LogP contribution in [0.15, 0.2) is 72.9 Å². The molecule has 1 saturated carbocycles. The van der Waals surface area contributed by atoms with Gasteiger partial charge in [0.1, 0.15) is 12.6 Å². The van der Waals surface area contributed by atoms with E-state index < -0.39 is 35.5 Å². The fourth-order valence-corrected chi connectivity index (χ4v) is 7.31. The number of rotatable bonds is 14. The van der Waals surface area contributed by atoms with Crippen molar-refractivity contribution in [3.8, 4) is 11.5 Å². The number of hydrogen-bond donors (Lipinski definition) is 4. The number of carbonyl (C=O) groups is 6. The third-order valence-electron chi connectivity index (χ3n) is 10.3. The van der Waals surface area contributed by atoms with Gasteiger partial charge in [-0.05, 0) is 60.6 Å². The molecule has 3 aliphatic rings. The minimum Gasteiger partial charge on any atom is -0.504 e. The fourth-order valence-electron chi connectivity index (χ4n) is 7.31. The Labute approximate surface area is 324 Å². The molecule has 0 aromatic heterocycles. The van der Waals surface area contributed by atoms with Gasteiger partial charge in [-0.15, -0.1) is 0 Å². The predicted molar refractivity (Wildman–Crippen MR) is 205 cm³/mol. The van der Waals surface area contributed by atoms with Crippen molar-refractivity contribution in [3.63, 3.8) is 0 Å². The van der Waals surface area contributed by atoms with Crippen LogP contribution in [-0.4, -0.2) is 72.6 Å². The molecule has 0 saturated heterocycles. The van der Waals surface area contributed by atoms with E-state index in [1.165, 1.54) is 31.3 Å². The van der Waals surface area contributed by atoms with Crippen molar-refractivity contribution < 1.29 is 48.1 Å². The highest BCUT2D eigenvalue weighted by atomic mass is 16.6. The molecule has 0 radical (unpaired) electrons. The van der Waals surface area contributed by atoms with Gasteiger partial charge < -0.3 is 35.3 Å². The number of nitrogens with one attached hydrogen (secondary N) is 3. The summed E-state index contributed by atoms with van der Waals surface area (Å²) in [7, 11) is 2.68. The molecule has 2 heterocycles. The number of phenols is 1. The number of phenolic OH excluding ortho intramolecular Hbond substituents is 1. The molecule has 1 aliphatic carbocycles. The van der Waals surface area contributed by atoms with Crippen LogP contribution in [0, 0.1) is 5.92 Å². The van der Waals surface area contributed by atoms with Crippen molar-refractivity contribution in [1.29, 1.82) is 0 Å².